The first kappa shape index (κ1) is 14.7. The van der Waals surface area contributed by atoms with Gasteiger partial charge in [0, 0.05) is 6.07 Å². The van der Waals surface area contributed by atoms with E-state index in [0.29, 0.717) is 11.5 Å². The summed E-state index contributed by atoms with van der Waals surface area (Å²) < 4.78 is 31.0. The van der Waals surface area contributed by atoms with Crippen LogP contribution in [0, 0.1) is 11.6 Å². The maximum Gasteiger partial charge on any atom is 0.343 e. The van der Waals surface area contributed by atoms with E-state index < -0.39 is 17.6 Å². The van der Waals surface area contributed by atoms with E-state index in [1.54, 1.807) is 12.1 Å². The van der Waals surface area contributed by atoms with Gasteiger partial charge in [-0.2, -0.15) is 0 Å². The highest BCUT2D eigenvalue weighted by atomic mass is 19.2. The second-order valence-corrected chi connectivity index (χ2v) is 5.57. The standard InChI is InChI=1S/C18H16F2O2/c19-16-10-9-15(11-17(16)20)22-18(21)14-7-5-13(6-8-14)12-3-1-2-4-12/h5-12H,1-4H2. The number of hydrogen-bond acceptors (Lipinski definition) is 2. The molecule has 2 aromatic carbocycles. The number of rotatable bonds is 3. The first-order valence-corrected chi connectivity index (χ1v) is 7.40. The molecule has 2 aromatic rings. The van der Waals surface area contributed by atoms with Crippen molar-refractivity contribution in [1.29, 1.82) is 0 Å². The minimum atomic E-state index is -1.04. The van der Waals surface area contributed by atoms with Crippen molar-refractivity contribution >= 4 is 5.97 Å². The number of carbonyl (C=O) groups is 1. The summed E-state index contributed by atoms with van der Waals surface area (Å²) in [6.45, 7) is 0. The summed E-state index contributed by atoms with van der Waals surface area (Å²) in [5.74, 6) is -2.02. The molecule has 1 aliphatic carbocycles. The fourth-order valence-corrected chi connectivity index (χ4v) is 2.86. The number of carbonyl (C=O) groups excluding carboxylic acids is 1. The molecule has 2 nitrogen and oxygen atoms in total. The zero-order valence-corrected chi connectivity index (χ0v) is 12.0. The van der Waals surface area contributed by atoms with E-state index in [2.05, 4.69) is 0 Å². The summed E-state index contributed by atoms with van der Waals surface area (Å²) in [7, 11) is 0. The van der Waals surface area contributed by atoms with Crippen LogP contribution in [0.4, 0.5) is 8.78 Å². The van der Waals surface area contributed by atoms with Gasteiger partial charge in [0.25, 0.3) is 0 Å². The number of halogens is 2. The number of ether oxygens (including phenoxy) is 1. The monoisotopic (exact) mass is 302 g/mol. The third-order valence-corrected chi connectivity index (χ3v) is 4.07. The Hall–Kier alpha value is -2.23. The van der Waals surface area contributed by atoms with Gasteiger partial charge in [0.1, 0.15) is 5.75 Å². The van der Waals surface area contributed by atoms with Crippen LogP contribution in [0.5, 0.6) is 5.75 Å². The zero-order chi connectivity index (χ0) is 15.5. The molecule has 22 heavy (non-hydrogen) atoms. The largest absolute Gasteiger partial charge is 0.423 e. The molecule has 4 heteroatoms. The van der Waals surface area contributed by atoms with Gasteiger partial charge in [-0.05, 0) is 48.6 Å². The fourth-order valence-electron chi connectivity index (χ4n) is 2.86. The van der Waals surface area contributed by atoms with E-state index in [4.69, 9.17) is 4.74 Å². The van der Waals surface area contributed by atoms with Gasteiger partial charge in [-0.3, -0.25) is 0 Å². The molecule has 0 amide bonds. The summed E-state index contributed by atoms with van der Waals surface area (Å²) in [4.78, 5) is 12.0. The third kappa shape index (κ3) is 3.16. The Morgan fingerprint density at radius 1 is 0.955 bits per heavy atom. The minimum Gasteiger partial charge on any atom is -0.423 e. The second kappa shape index (κ2) is 6.26. The van der Waals surface area contributed by atoms with Crippen molar-refractivity contribution in [3.63, 3.8) is 0 Å². The van der Waals surface area contributed by atoms with Crippen LogP contribution in [0.3, 0.4) is 0 Å². The van der Waals surface area contributed by atoms with Crippen LogP contribution in [0.2, 0.25) is 0 Å². The topological polar surface area (TPSA) is 26.3 Å². The van der Waals surface area contributed by atoms with Crippen LogP contribution in [0.15, 0.2) is 42.5 Å². The minimum absolute atomic E-state index is 0.0104. The average molecular weight is 302 g/mol. The number of esters is 1. The van der Waals surface area contributed by atoms with Crippen LogP contribution >= 0.6 is 0 Å². The molecule has 0 saturated heterocycles. The van der Waals surface area contributed by atoms with Crippen LogP contribution in [0.1, 0.15) is 47.5 Å². The van der Waals surface area contributed by atoms with Crippen molar-refractivity contribution in [1.82, 2.24) is 0 Å². The Morgan fingerprint density at radius 2 is 1.64 bits per heavy atom. The lowest BCUT2D eigenvalue weighted by molar-refractivity contribution is 0.0734. The molecule has 0 bridgehead atoms. The van der Waals surface area contributed by atoms with Gasteiger partial charge < -0.3 is 4.74 Å². The first-order chi connectivity index (χ1) is 10.6. The molecule has 0 spiro atoms. The average Bonchev–Trinajstić information content (AvgIpc) is 3.05. The van der Waals surface area contributed by atoms with Crippen LogP contribution in [-0.2, 0) is 0 Å². The molecule has 3 rings (SSSR count). The third-order valence-electron chi connectivity index (χ3n) is 4.07. The zero-order valence-electron chi connectivity index (χ0n) is 12.0. The first-order valence-electron chi connectivity index (χ1n) is 7.40. The summed E-state index contributed by atoms with van der Waals surface area (Å²) in [5, 5.41) is 0. The molecule has 0 aromatic heterocycles. The maximum absolute atomic E-state index is 13.1. The van der Waals surface area contributed by atoms with Gasteiger partial charge in [-0.1, -0.05) is 25.0 Å². The fraction of sp³-hybridized carbons (Fsp3) is 0.278. The molecule has 0 unspecified atom stereocenters. The molecule has 1 fully saturated rings. The van der Waals surface area contributed by atoms with Crippen LogP contribution in [0.25, 0.3) is 0 Å². The molecular weight excluding hydrogens is 286 g/mol. The van der Waals surface area contributed by atoms with Gasteiger partial charge >= 0.3 is 5.97 Å². The molecule has 1 aliphatic rings. The highest BCUT2D eigenvalue weighted by molar-refractivity contribution is 5.91. The Bertz CT molecular complexity index is 674. The summed E-state index contributed by atoms with van der Waals surface area (Å²) in [6, 6.07) is 10.3. The smallest absolute Gasteiger partial charge is 0.343 e. The molecule has 0 N–H and O–H groups in total. The van der Waals surface area contributed by atoms with Gasteiger partial charge in [0.05, 0.1) is 5.56 Å². The number of benzene rings is 2. The van der Waals surface area contributed by atoms with Gasteiger partial charge in [-0.25, -0.2) is 13.6 Å². The molecule has 1 saturated carbocycles. The summed E-state index contributed by atoms with van der Waals surface area (Å²) in [6.07, 6.45) is 4.90. The highest BCUT2D eigenvalue weighted by Gasteiger charge is 2.17. The Morgan fingerprint density at radius 3 is 2.27 bits per heavy atom. The van der Waals surface area contributed by atoms with E-state index in [1.807, 2.05) is 12.1 Å². The number of hydrogen-bond donors (Lipinski definition) is 0. The van der Waals surface area contributed by atoms with Crippen molar-refractivity contribution in [3.8, 4) is 5.75 Å². The molecule has 0 atom stereocenters. The van der Waals surface area contributed by atoms with Crippen molar-refractivity contribution < 1.29 is 18.3 Å². The Kier molecular flexibility index (Phi) is 4.18. The predicted octanol–water partition coefficient (Wildman–Crippen LogP) is 4.84. The van der Waals surface area contributed by atoms with Crippen LogP contribution in [-0.4, -0.2) is 5.97 Å². The second-order valence-electron chi connectivity index (χ2n) is 5.57. The van der Waals surface area contributed by atoms with Crippen molar-refractivity contribution in [3.05, 3.63) is 65.2 Å². The van der Waals surface area contributed by atoms with Gasteiger partial charge in [-0.15, -0.1) is 0 Å². The lowest BCUT2D eigenvalue weighted by Gasteiger charge is -2.10. The predicted molar refractivity (Wildman–Crippen MR) is 79.0 cm³/mol. The van der Waals surface area contributed by atoms with Crippen molar-refractivity contribution in [2.45, 2.75) is 31.6 Å². The van der Waals surface area contributed by atoms with Crippen molar-refractivity contribution in [2.24, 2.45) is 0 Å². The molecular formula is C18H16F2O2. The normalized spacial score (nSPS) is 15.0. The van der Waals surface area contributed by atoms with E-state index in [-0.39, 0.29) is 5.75 Å². The molecule has 0 aliphatic heterocycles. The Labute approximate surface area is 127 Å². The van der Waals surface area contributed by atoms with Crippen molar-refractivity contribution in [2.75, 3.05) is 0 Å². The maximum atomic E-state index is 13.1. The molecule has 0 heterocycles. The Balaban J connectivity index is 1.70. The summed E-state index contributed by atoms with van der Waals surface area (Å²) >= 11 is 0. The van der Waals surface area contributed by atoms with E-state index in [0.717, 1.165) is 12.1 Å². The van der Waals surface area contributed by atoms with E-state index in [1.165, 1.54) is 37.3 Å². The van der Waals surface area contributed by atoms with Crippen LogP contribution < -0.4 is 4.74 Å². The van der Waals surface area contributed by atoms with Gasteiger partial charge in [0.15, 0.2) is 11.6 Å². The lowest BCUT2D eigenvalue weighted by Crippen LogP contribution is -2.09. The quantitative estimate of drug-likeness (QED) is 0.599. The molecule has 0 radical (unpaired) electrons. The van der Waals surface area contributed by atoms with E-state index in [9.17, 15) is 13.6 Å². The SMILES string of the molecule is O=C(Oc1ccc(F)c(F)c1)c1ccc(C2CCCC2)cc1. The summed E-state index contributed by atoms with van der Waals surface area (Å²) in [5.41, 5.74) is 1.63. The molecule has 114 valence electrons. The lowest BCUT2D eigenvalue weighted by atomic mass is 9.97. The highest BCUT2D eigenvalue weighted by Crippen LogP contribution is 2.34. The van der Waals surface area contributed by atoms with Gasteiger partial charge in [0.2, 0.25) is 0 Å². The van der Waals surface area contributed by atoms with E-state index >= 15 is 0 Å².